The highest BCUT2D eigenvalue weighted by atomic mass is 16.1. The lowest BCUT2D eigenvalue weighted by molar-refractivity contribution is 1.06. The van der Waals surface area contributed by atoms with Gasteiger partial charge in [-0.15, -0.1) is 0 Å². The fraction of sp³-hybridized carbons (Fsp3) is 0.375. The molecule has 13 heavy (non-hydrogen) atoms. The molecule has 2 rings (SSSR count). The van der Waals surface area contributed by atoms with Crippen LogP contribution < -0.4 is 5.56 Å². The number of hydrogen-bond acceptors (Lipinski definition) is 3. The lowest BCUT2D eigenvalue weighted by Gasteiger charge is -1.84. The van der Waals surface area contributed by atoms with E-state index in [9.17, 15) is 4.79 Å². The van der Waals surface area contributed by atoms with Crippen LogP contribution in [0.25, 0.3) is 11.0 Å². The molecule has 0 atom stereocenters. The van der Waals surface area contributed by atoms with Crippen molar-refractivity contribution < 1.29 is 0 Å². The van der Waals surface area contributed by atoms with Gasteiger partial charge in [-0.05, 0) is 6.92 Å². The maximum atomic E-state index is 11.0. The highest BCUT2D eigenvalue weighted by Gasteiger charge is 2.03. The number of hydrogen-bond donors (Lipinski definition) is 2. The average Bonchev–Trinajstić information content (AvgIpc) is 2.53. The standard InChI is InChI=1S/C6H6N4O.C2H6/c1-3-4-5(10-9-3)6(11)8-2-7-4;1-2/h2H,1H3,(H,9,10)(H,7,8,11);1-2H3. The molecule has 0 bridgehead atoms. The minimum atomic E-state index is -0.209. The van der Waals surface area contributed by atoms with Crippen LogP contribution in [0.1, 0.15) is 19.5 Å². The van der Waals surface area contributed by atoms with Crippen molar-refractivity contribution in [2.45, 2.75) is 20.8 Å². The summed E-state index contributed by atoms with van der Waals surface area (Å²) >= 11 is 0. The first-order chi connectivity index (χ1) is 6.29. The van der Waals surface area contributed by atoms with Crippen molar-refractivity contribution in [1.29, 1.82) is 0 Å². The van der Waals surface area contributed by atoms with Gasteiger partial charge in [0.2, 0.25) is 0 Å². The number of nitrogens with one attached hydrogen (secondary N) is 2. The first-order valence-electron chi connectivity index (χ1n) is 4.17. The van der Waals surface area contributed by atoms with Crippen molar-refractivity contribution in [3.05, 3.63) is 22.4 Å². The molecule has 0 unspecified atom stereocenters. The summed E-state index contributed by atoms with van der Waals surface area (Å²) in [6, 6.07) is 0. The van der Waals surface area contributed by atoms with E-state index in [1.54, 1.807) is 0 Å². The van der Waals surface area contributed by atoms with E-state index in [0.29, 0.717) is 11.0 Å². The first kappa shape index (κ1) is 9.44. The molecule has 0 spiro atoms. The van der Waals surface area contributed by atoms with E-state index in [4.69, 9.17) is 0 Å². The SMILES string of the molecule is CC.Cc1[nH]nc2c(=O)[nH]cnc12. The van der Waals surface area contributed by atoms with E-state index < -0.39 is 0 Å². The van der Waals surface area contributed by atoms with E-state index >= 15 is 0 Å². The second-order valence-corrected chi connectivity index (χ2v) is 2.28. The van der Waals surface area contributed by atoms with E-state index in [0.717, 1.165) is 5.69 Å². The maximum Gasteiger partial charge on any atom is 0.279 e. The van der Waals surface area contributed by atoms with Gasteiger partial charge < -0.3 is 4.98 Å². The summed E-state index contributed by atoms with van der Waals surface area (Å²) in [5.74, 6) is 0. The van der Waals surface area contributed by atoms with E-state index in [1.807, 2.05) is 20.8 Å². The lowest BCUT2D eigenvalue weighted by atomic mass is 10.4. The minimum Gasteiger partial charge on any atom is -0.311 e. The second kappa shape index (κ2) is 3.84. The molecule has 2 aromatic heterocycles. The fourth-order valence-corrected chi connectivity index (χ4v) is 0.963. The van der Waals surface area contributed by atoms with Crippen LogP contribution in [-0.2, 0) is 0 Å². The molecule has 5 heteroatoms. The predicted molar refractivity (Wildman–Crippen MR) is 50.6 cm³/mol. The fourth-order valence-electron chi connectivity index (χ4n) is 0.963. The predicted octanol–water partition coefficient (Wildman–Crippen LogP) is 0.981. The highest BCUT2D eigenvalue weighted by molar-refractivity contribution is 5.74. The van der Waals surface area contributed by atoms with Gasteiger partial charge in [0.15, 0.2) is 5.52 Å². The van der Waals surface area contributed by atoms with Gasteiger partial charge in [0.1, 0.15) is 5.52 Å². The summed E-state index contributed by atoms with van der Waals surface area (Å²) in [5.41, 5.74) is 1.60. The number of aromatic nitrogens is 4. The monoisotopic (exact) mass is 180 g/mol. The summed E-state index contributed by atoms with van der Waals surface area (Å²) < 4.78 is 0. The molecule has 0 aliphatic rings. The summed E-state index contributed by atoms with van der Waals surface area (Å²) in [6.07, 6.45) is 1.37. The third kappa shape index (κ3) is 1.58. The molecular weight excluding hydrogens is 168 g/mol. The van der Waals surface area contributed by atoms with Crippen LogP contribution in [0.3, 0.4) is 0 Å². The zero-order valence-electron chi connectivity index (χ0n) is 7.88. The largest absolute Gasteiger partial charge is 0.311 e. The van der Waals surface area contributed by atoms with Crippen LogP contribution in [0.4, 0.5) is 0 Å². The van der Waals surface area contributed by atoms with Crippen molar-refractivity contribution in [1.82, 2.24) is 20.2 Å². The summed E-state index contributed by atoms with van der Waals surface area (Å²) in [6.45, 7) is 5.82. The molecular formula is C8H12N4O. The number of nitrogens with zero attached hydrogens (tertiary/aromatic N) is 2. The van der Waals surface area contributed by atoms with Gasteiger partial charge in [-0.3, -0.25) is 9.89 Å². The lowest BCUT2D eigenvalue weighted by Crippen LogP contribution is -2.05. The molecule has 2 aromatic rings. The summed E-state index contributed by atoms with van der Waals surface area (Å²) in [4.78, 5) is 17.4. The number of rotatable bonds is 0. The number of fused-ring (bicyclic) bond motifs is 1. The Balaban J connectivity index is 0.000000396. The quantitative estimate of drug-likeness (QED) is 0.634. The Kier molecular flexibility index (Phi) is 2.79. The van der Waals surface area contributed by atoms with Gasteiger partial charge in [0.05, 0.1) is 12.0 Å². The molecule has 0 aliphatic carbocycles. The Bertz CT molecular complexity index is 443. The van der Waals surface area contributed by atoms with Gasteiger partial charge in [0, 0.05) is 0 Å². The van der Waals surface area contributed by atoms with E-state index in [2.05, 4.69) is 20.2 Å². The normalized spacial score (nSPS) is 9.46. The third-order valence-electron chi connectivity index (χ3n) is 1.52. The van der Waals surface area contributed by atoms with Crippen molar-refractivity contribution in [2.75, 3.05) is 0 Å². The highest BCUT2D eigenvalue weighted by Crippen LogP contribution is 2.04. The van der Waals surface area contributed by atoms with Crippen molar-refractivity contribution >= 4 is 11.0 Å². The number of aromatic amines is 2. The maximum absolute atomic E-state index is 11.0. The zero-order chi connectivity index (χ0) is 9.84. The van der Waals surface area contributed by atoms with Gasteiger partial charge in [-0.2, -0.15) is 5.10 Å². The van der Waals surface area contributed by atoms with Gasteiger partial charge in [-0.25, -0.2) is 4.98 Å². The van der Waals surface area contributed by atoms with Crippen LogP contribution in [0, 0.1) is 6.92 Å². The molecule has 5 nitrogen and oxygen atoms in total. The second-order valence-electron chi connectivity index (χ2n) is 2.28. The molecule has 0 saturated carbocycles. The molecule has 0 fully saturated rings. The summed E-state index contributed by atoms with van der Waals surface area (Å²) in [5, 5.41) is 6.47. The topological polar surface area (TPSA) is 74.4 Å². The van der Waals surface area contributed by atoms with Crippen molar-refractivity contribution in [3.8, 4) is 0 Å². The average molecular weight is 180 g/mol. The number of aryl methyl sites for hydroxylation is 1. The first-order valence-corrected chi connectivity index (χ1v) is 4.17. The van der Waals surface area contributed by atoms with Crippen LogP contribution in [-0.4, -0.2) is 20.2 Å². The van der Waals surface area contributed by atoms with E-state index in [-0.39, 0.29) is 5.56 Å². The molecule has 0 amide bonds. The van der Waals surface area contributed by atoms with Gasteiger partial charge in [-0.1, -0.05) is 13.8 Å². The number of H-pyrrole nitrogens is 2. The van der Waals surface area contributed by atoms with Crippen LogP contribution in [0.2, 0.25) is 0 Å². The molecule has 0 saturated heterocycles. The molecule has 0 radical (unpaired) electrons. The molecule has 0 aromatic carbocycles. The van der Waals surface area contributed by atoms with Crippen LogP contribution in [0.5, 0.6) is 0 Å². The molecule has 0 aliphatic heterocycles. The minimum absolute atomic E-state index is 0.209. The molecule has 2 N–H and O–H groups in total. The Labute approximate surface area is 75.2 Å². The Morgan fingerprint density at radius 1 is 1.31 bits per heavy atom. The smallest absolute Gasteiger partial charge is 0.279 e. The van der Waals surface area contributed by atoms with Crippen molar-refractivity contribution in [2.24, 2.45) is 0 Å². The Morgan fingerprint density at radius 2 is 2.00 bits per heavy atom. The van der Waals surface area contributed by atoms with Gasteiger partial charge in [0.25, 0.3) is 5.56 Å². The Morgan fingerprint density at radius 3 is 2.62 bits per heavy atom. The van der Waals surface area contributed by atoms with E-state index in [1.165, 1.54) is 6.33 Å². The van der Waals surface area contributed by atoms with Crippen LogP contribution in [0.15, 0.2) is 11.1 Å². The Hall–Kier alpha value is -1.65. The zero-order valence-corrected chi connectivity index (χ0v) is 7.88. The van der Waals surface area contributed by atoms with Gasteiger partial charge >= 0.3 is 0 Å². The third-order valence-corrected chi connectivity index (χ3v) is 1.52. The van der Waals surface area contributed by atoms with Crippen LogP contribution >= 0.6 is 0 Å². The molecule has 2 heterocycles. The molecule has 70 valence electrons. The summed E-state index contributed by atoms with van der Waals surface area (Å²) in [7, 11) is 0. The van der Waals surface area contributed by atoms with Crippen molar-refractivity contribution in [3.63, 3.8) is 0 Å².